The van der Waals surface area contributed by atoms with Gasteiger partial charge in [-0.15, -0.1) is 0 Å². The van der Waals surface area contributed by atoms with Crippen molar-refractivity contribution >= 4 is 35.1 Å². The van der Waals surface area contributed by atoms with E-state index in [1.807, 2.05) is 0 Å². The van der Waals surface area contributed by atoms with Crippen LogP contribution in [0.4, 0.5) is 11.4 Å². The molecule has 0 saturated carbocycles. The Morgan fingerprint density at radius 1 is 1.10 bits per heavy atom. The minimum atomic E-state index is -1.14. The second-order valence-electron chi connectivity index (χ2n) is 6.38. The van der Waals surface area contributed by atoms with Crippen molar-refractivity contribution < 1.29 is 29.2 Å². The number of nitro groups is 1. The highest BCUT2D eigenvalue weighted by molar-refractivity contribution is 6.21. The van der Waals surface area contributed by atoms with Gasteiger partial charge in [-0.05, 0) is 30.7 Å². The summed E-state index contributed by atoms with van der Waals surface area (Å²) in [5, 5.41) is 22.5. The van der Waals surface area contributed by atoms with Crippen molar-refractivity contribution in [1.82, 2.24) is 4.90 Å². The van der Waals surface area contributed by atoms with Crippen LogP contribution >= 0.6 is 0 Å². The molecule has 0 saturated heterocycles. The van der Waals surface area contributed by atoms with Gasteiger partial charge in [0.1, 0.15) is 0 Å². The van der Waals surface area contributed by atoms with E-state index < -0.39 is 28.6 Å². The lowest BCUT2D eigenvalue weighted by Crippen LogP contribution is -2.33. The zero-order valence-electron chi connectivity index (χ0n) is 15.2. The molecule has 0 atom stereocenters. The Labute approximate surface area is 163 Å². The molecule has 148 valence electrons. The van der Waals surface area contributed by atoms with Crippen LogP contribution in [0.1, 0.15) is 43.1 Å². The number of non-ortho nitro benzene ring substituents is 1. The van der Waals surface area contributed by atoms with Crippen LogP contribution in [0.5, 0.6) is 0 Å². The molecule has 0 aliphatic carbocycles. The summed E-state index contributed by atoms with van der Waals surface area (Å²) in [4.78, 5) is 59.1. The van der Waals surface area contributed by atoms with Crippen LogP contribution in [0.3, 0.4) is 0 Å². The molecule has 10 heteroatoms. The van der Waals surface area contributed by atoms with Gasteiger partial charge in [0.2, 0.25) is 5.91 Å². The summed E-state index contributed by atoms with van der Waals surface area (Å²) >= 11 is 0. The van der Waals surface area contributed by atoms with Gasteiger partial charge in [-0.3, -0.25) is 29.4 Å². The predicted octanol–water partition coefficient (Wildman–Crippen LogP) is 2.23. The average molecular weight is 397 g/mol. The van der Waals surface area contributed by atoms with Crippen molar-refractivity contribution in [3.05, 3.63) is 68.8 Å². The van der Waals surface area contributed by atoms with Gasteiger partial charge in [-0.1, -0.05) is 6.07 Å². The van der Waals surface area contributed by atoms with Crippen molar-refractivity contribution in [2.24, 2.45) is 0 Å². The van der Waals surface area contributed by atoms with Gasteiger partial charge < -0.3 is 10.4 Å². The van der Waals surface area contributed by atoms with E-state index in [0.29, 0.717) is 11.3 Å². The maximum Gasteiger partial charge on any atom is 0.335 e. The molecule has 0 spiro atoms. The summed E-state index contributed by atoms with van der Waals surface area (Å²) in [7, 11) is 0. The van der Waals surface area contributed by atoms with Crippen molar-refractivity contribution in [2.75, 3.05) is 11.9 Å². The highest BCUT2D eigenvalue weighted by Gasteiger charge is 2.36. The first-order chi connectivity index (χ1) is 13.7. The highest BCUT2D eigenvalue weighted by Crippen LogP contribution is 2.27. The Morgan fingerprint density at radius 3 is 2.45 bits per heavy atom. The molecule has 3 rings (SSSR count). The van der Waals surface area contributed by atoms with Gasteiger partial charge in [0.05, 0.1) is 21.6 Å². The number of nitrogens with zero attached hydrogens (tertiary/aromatic N) is 2. The number of nitro benzene ring substituents is 1. The number of hydrogen-bond acceptors (Lipinski definition) is 6. The number of aryl methyl sites for hydroxylation is 1. The molecular formula is C19H15N3O7. The standard InChI is InChI=1S/C19H15N3O7/c1-10-2-3-11(19(26)27)8-15(10)20-16(23)6-7-21-17(24)13-5-4-12(22(28)29)9-14(13)18(21)25/h2-5,8-9H,6-7H2,1H3,(H,20,23)(H,26,27). The highest BCUT2D eigenvalue weighted by atomic mass is 16.6. The molecule has 0 unspecified atom stereocenters. The minimum absolute atomic E-state index is 0.00726. The summed E-state index contributed by atoms with van der Waals surface area (Å²) in [6.45, 7) is 1.47. The van der Waals surface area contributed by atoms with Gasteiger partial charge in [0, 0.05) is 30.8 Å². The molecular weight excluding hydrogens is 382 g/mol. The molecule has 2 aromatic carbocycles. The normalized spacial score (nSPS) is 12.7. The number of carboxylic acids is 1. The maximum absolute atomic E-state index is 12.4. The van der Waals surface area contributed by atoms with Gasteiger partial charge >= 0.3 is 5.97 Å². The number of aromatic carboxylic acids is 1. The zero-order valence-corrected chi connectivity index (χ0v) is 15.2. The van der Waals surface area contributed by atoms with Crippen LogP contribution < -0.4 is 5.32 Å². The van der Waals surface area contributed by atoms with Crippen LogP contribution in [0.15, 0.2) is 36.4 Å². The summed E-state index contributed by atoms with van der Waals surface area (Å²) < 4.78 is 0. The number of carbonyl (C=O) groups excluding carboxylic acids is 3. The lowest BCUT2D eigenvalue weighted by atomic mass is 10.1. The summed E-state index contributed by atoms with van der Waals surface area (Å²) in [6.07, 6.45) is -0.218. The number of carbonyl (C=O) groups is 4. The largest absolute Gasteiger partial charge is 0.478 e. The van der Waals surface area contributed by atoms with E-state index in [2.05, 4.69) is 5.32 Å². The van der Waals surface area contributed by atoms with E-state index in [4.69, 9.17) is 5.11 Å². The Kier molecular flexibility index (Phi) is 5.09. The van der Waals surface area contributed by atoms with Crippen LogP contribution in [-0.2, 0) is 4.79 Å². The third-order valence-electron chi connectivity index (χ3n) is 4.49. The molecule has 0 bridgehead atoms. The number of amides is 3. The zero-order chi connectivity index (χ0) is 21.3. The average Bonchev–Trinajstić information content (AvgIpc) is 2.91. The number of hydrogen-bond donors (Lipinski definition) is 2. The minimum Gasteiger partial charge on any atom is -0.478 e. The van der Waals surface area contributed by atoms with E-state index in [1.165, 1.54) is 18.2 Å². The van der Waals surface area contributed by atoms with E-state index in [-0.39, 0.29) is 35.3 Å². The second-order valence-corrected chi connectivity index (χ2v) is 6.38. The number of nitrogens with one attached hydrogen (secondary N) is 1. The fourth-order valence-electron chi connectivity index (χ4n) is 2.91. The first kappa shape index (κ1) is 19.7. The number of benzene rings is 2. The lowest BCUT2D eigenvalue weighted by Gasteiger charge is -2.14. The molecule has 0 fully saturated rings. The maximum atomic E-state index is 12.4. The molecule has 3 amide bonds. The van der Waals surface area contributed by atoms with Crippen molar-refractivity contribution in [3.8, 4) is 0 Å². The Hall–Kier alpha value is -4.08. The van der Waals surface area contributed by atoms with Crippen molar-refractivity contribution in [3.63, 3.8) is 0 Å². The summed E-state index contributed by atoms with van der Waals surface area (Å²) in [5.41, 5.74) is 0.635. The van der Waals surface area contributed by atoms with Gasteiger partial charge in [-0.25, -0.2) is 4.79 Å². The second kappa shape index (κ2) is 7.50. The topological polar surface area (TPSA) is 147 Å². The molecule has 2 aromatic rings. The molecule has 29 heavy (non-hydrogen) atoms. The van der Waals surface area contributed by atoms with Crippen molar-refractivity contribution in [2.45, 2.75) is 13.3 Å². The third-order valence-corrected chi connectivity index (χ3v) is 4.49. The van der Waals surface area contributed by atoms with Crippen molar-refractivity contribution in [1.29, 1.82) is 0 Å². The van der Waals surface area contributed by atoms with Gasteiger partial charge in [0.25, 0.3) is 17.5 Å². The Balaban J connectivity index is 1.69. The van der Waals surface area contributed by atoms with E-state index in [0.717, 1.165) is 17.0 Å². The molecule has 1 aliphatic heterocycles. The summed E-state index contributed by atoms with van der Waals surface area (Å²) in [5.74, 6) is -2.99. The van der Waals surface area contributed by atoms with Crippen LogP contribution in [-0.4, -0.2) is 45.2 Å². The molecule has 2 N–H and O–H groups in total. The fraction of sp³-hybridized carbons (Fsp3) is 0.158. The molecule has 1 aliphatic rings. The van der Waals surface area contributed by atoms with Gasteiger partial charge in [0.15, 0.2) is 0 Å². The molecule has 1 heterocycles. The first-order valence-electron chi connectivity index (χ1n) is 8.47. The van der Waals surface area contributed by atoms with Crippen LogP contribution in [0.25, 0.3) is 0 Å². The monoisotopic (exact) mass is 397 g/mol. The number of fused-ring (bicyclic) bond motifs is 1. The van der Waals surface area contributed by atoms with E-state index in [1.54, 1.807) is 13.0 Å². The number of carboxylic acid groups (broad SMARTS) is 1. The van der Waals surface area contributed by atoms with E-state index in [9.17, 15) is 29.3 Å². The lowest BCUT2D eigenvalue weighted by molar-refractivity contribution is -0.384. The number of anilines is 1. The Morgan fingerprint density at radius 2 is 1.79 bits per heavy atom. The third kappa shape index (κ3) is 3.81. The Bertz CT molecular complexity index is 1080. The predicted molar refractivity (Wildman–Crippen MR) is 99.8 cm³/mol. The van der Waals surface area contributed by atoms with Crippen LogP contribution in [0, 0.1) is 17.0 Å². The smallest absolute Gasteiger partial charge is 0.335 e. The fourth-order valence-corrected chi connectivity index (χ4v) is 2.91. The molecule has 0 radical (unpaired) electrons. The van der Waals surface area contributed by atoms with Crippen LogP contribution in [0.2, 0.25) is 0 Å². The summed E-state index contributed by atoms with van der Waals surface area (Å²) in [6, 6.07) is 7.67. The first-order valence-corrected chi connectivity index (χ1v) is 8.47. The van der Waals surface area contributed by atoms with E-state index >= 15 is 0 Å². The quantitative estimate of drug-likeness (QED) is 0.431. The number of imide groups is 1. The molecule has 10 nitrogen and oxygen atoms in total. The number of rotatable bonds is 6. The molecule has 0 aromatic heterocycles. The van der Waals surface area contributed by atoms with Gasteiger partial charge in [-0.2, -0.15) is 0 Å². The SMILES string of the molecule is Cc1ccc(C(=O)O)cc1NC(=O)CCN1C(=O)c2ccc([N+](=O)[O-])cc2C1=O.